The molecule has 1 radical (unpaired) electrons. The molecule has 1 aromatic rings. The molecule has 2 heteroatoms. The fourth-order valence-electron chi connectivity index (χ4n) is 0.292. The van der Waals surface area contributed by atoms with E-state index in [0.717, 1.165) is 0 Å². The number of rotatable bonds is 0. The SMILES string of the molecule is N#Cc1[c]coc1. The highest BCUT2D eigenvalue weighted by Crippen LogP contribution is 1.93. The third kappa shape index (κ3) is 0.606. The monoisotopic (exact) mass is 92.0 g/mol. The van der Waals surface area contributed by atoms with Crippen molar-refractivity contribution >= 4 is 0 Å². The lowest BCUT2D eigenvalue weighted by Gasteiger charge is -1.59. The third-order valence-corrected chi connectivity index (χ3v) is 0.589. The van der Waals surface area contributed by atoms with Gasteiger partial charge in [-0.15, -0.1) is 0 Å². The van der Waals surface area contributed by atoms with Crippen LogP contribution in [0.5, 0.6) is 0 Å². The molecular weight excluding hydrogens is 90.1 g/mol. The summed E-state index contributed by atoms with van der Waals surface area (Å²) in [5, 5.41) is 8.09. The molecule has 0 amide bonds. The van der Waals surface area contributed by atoms with Crippen molar-refractivity contribution in [2.24, 2.45) is 0 Å². The highest BCUT2D eigenvalue weighted by Gasteiger charge is 1.84. The summed E-state index contributed by atoms with van der Waals surface area (Å²) >= 11 is 0. The van der Waals surface area contributed by atoms with Gasteiger partial charge in [0, 0.05) is 6.07 Å². The Hall–Kier alpha value is -1.23. The molecule has 0 aliphatic carbocycles. The van der Waals surface area contributed by atoms with E-state index in [1.54, 1.807) is 0 Å². The van der Waals surface area contributed by atoms with Gasteiger partial charge in [0.2, 0.25) is 0 Å². The topological polar surface area (TPSA) is 36.9 Å². The second kappa shape index (κ2) is 1.48. The lowest BCUT2D eigenvalue weighted by atomic mass is 10.4. The summed E-state index contributed by atoms with van der Waals surface area (Å²) in [6, 6.07) is 4.42. The fourth-order valence-corrected chi connectivity index (χ4v) is 0.292. The first kappa shape index (κ1) is 3.94. The van der Waals surface area contributed by atoms with E-state index in [0.29, 0.717) is 5.56 Å². The van der Waals surface area contributed by atoms with Crippen LogP contribution in [0.25, 0.3) is 0 Å². The highest BCUT2D eigenvalue weighted by atomic mass is 16.3. The minimum absolute atomic E-state index is 0.444. The van der Waals surface area contributed by atoms with Crippen LogP contribution in [0.15, 0.2) is 16.9 Å². The van der Waals surface area contributed by atoms with Gasteiger partial charge in [0.25, 0.3) is 0 Å². The molecule has 0 aromatic carbocycles. The lowest BCUT2D eigenvalue weighted by molar-refractivity contribution is 0.566. The molecule has 1 rings (SSSR count). The summed E-state index contributed by atoms with van der Waals surface area (Å²) in [4.78, 5) is 0. The molecule has 0 spiro atoms. The fraction of sp³-hybridized carbons (Fsp3) is 0. The molecule has 0 bridgehead atoms. The van der Waals surface area contributed by atoms with Crippen LogP contribution in [-0.2, 0) is 0 Å². The van der Waals surface area contributed by atoms with Crippen LogP contribution < -0.4 is 0 Å². The van der Waals surface area contributed by atoms with Gasteiger partial charge in [-0.25, -0.2) is 0 Å². The van der Waals surface area contributed by atoms with Crippen molar-refractivity contribution in [2.45, 2.75) is 0 Å². The Balaban J connectivity index is 3.04. The van der Waals surface area contributed by atoms with Gasteiger partial charge in [-0.05, 0) is 0 Å². The Bertz CT molecular complexity index is 170. The molecule has 1 aromatic heterocycles. The van der Waals surface area contributed by atoms with Gasteiger partial charge in [0.05, 0.1) is 11.8 Å². The van der Waals surface area contributed by atoms with Crippen molar-refractivity contribution in [3.63, 3.8) is 0 Å². The number of nitrogens with zero attached hydrogens (tertiary/aromatic N) is 1. The average molecular weight is 92.1 g/mol. The largest absolute Gasteiger partial charge is 0.471 e. The molecule has 7 heavy (non-hydrogen) atoms. The van der Waals surface area contributed by atoms with Crippen LogP contribution in [0.4, 0.5) is 0 Å². The summed E-state index contributed by atoms with van der Waals surface area (Å²) in [5.41, 5.74) is 0.444. The molecule has 0 fully saturated rings. The molecule has 2 nitrogen and oxygen atoms in total. The second-order valence-corrected chi connectivity index (χ2v) is 1.04. The summed E-state index contributed by atoms with van der Waals surface area (Å²) < 4.78 is 4.53. The van der Waals surface area contributed by atoms with E-state index < -0.39 is 0 Å². The maximum absolute atomic E-state index is 8.09. The minimum Gasteiger partial charge on any atom is -0.471 e. The molecule has 0 saturated heterocycles. The Labute approximate surface area is 41.0 Å². The van der Waals surface area contributed by atoms with Gasteiger partial charge in [-0.1, -0.05) is 0 Å². The van der Waals surface area contributed by atoms with E-state index in [9.17, 15) is 0 Å². The summed E-state index contributed by atoms with van der Waals surface area (Å²) in [6.07, 6.45) is 2.69. The quantitative estimate of drug-likeness (QED) is 0.477. The molecule has 0 aliphatic rings. The first-order chi connectivity index (χ1) is 3.43. The molecule has 0 saturated carbocycles. The molecule has 0 atom stereocenters. The Morgan fingerprint density at radius 2 is 2.71 bits per heavy atom. The van der Waals surface area contributed by atoms with Gasteiger partial charge in [-0.3, -0.25) is 0 Å². The van der Waals surface area contributed by atoms with Crippen LogP contribution >= 0.6 is 0 Å². The van der Waals surface area contributed by atoms with E-state index in [2.05, 4.69) is 10.5 Å². The summed E-state index contributed by atoms with van der Waals surface area (Å²) in [5.74, 6) is 0. The second-order valence-electron chi connectivity index (χ2n) is 1.04. The zero-order valence-corrected chi connectivity index (χ0v) is 3.51. The highest BCUT2D eigenvalue weighted by molar-refractivity contribution is 5.20. The molecule has 0 aliphatic heterocycles. The van der Waals surface area contributed by atoms with Gasteiger partial charge in [0.1, 0.15) is 12.3 Å². The van der Waals surface area contributed by atoms with Crippen molar-refractivity contribution < 1.29 is 4.42 Å². The summed E-state index contributed by atoms with van der Waals surface area (Å²) in [7, 11) is 0. The van der Waals surface area contributed by atoms with E-state index in [-0.39, 0.29) is 0 Å². The molecular formula is C5H2NO. The van der Waals surface area contributed by atoms with Crippen LogP contribution in [0.3, 0.4) is 0 Å². The van der Waals surface area contributed by atoms with Crippen molar-refractivity contribution in [3.05, 3.63) is 24.2 Å². The number of nitriles is 1. The Morgan fingerprint density at radius 1 is 1.86 bits per heavy atom. The first-order valence-corrected chi connectivity index (χ1v) is 1.77. The van der Waals surface area contributed by atoms with E-state index in [4.69, 9.17) is 5.26 Å². The Morgan fingerprint density at radius 3 is 3.00 bits per heavy atom. The van der Waals surface area contributed by atoms with Crippen LogP contribution in [-0.4, -0.2) is 0 Å². The molecule has 0 unspecified atom stereocenters. The zero-order chi connectivity index (χ0) is 5.11. The van der Waals surface area contributed by atoms with E-state index in [1.807, 2.05) is 6.07 Å². The maximum atomic E-state index is 8.09. The maximum Gasteiger partial charge on any atom is 0.109 e. The first-order valence-electron chi connectivity index (χ1n) is 1.77. The Kier molecular flexibility index (Phi) is 0.833. The van der Waals surface area contributed by atoms with Gasteiger partial charge >= 0.3 is 0 Å². The van der Waals surface area contributed by atoms with Gasteiger partial charge in [-0.2, -0.15) is 5.26 Å². The lowest BCUT2D eigenvalue weighted by Crippen LogP contribution is -1.55. The standard InChI is InChI=1S/C5H2NO/c6-3-5-1-2-7-4-5/h2,4H. The van der Waals surface area contributed by atoms with Gasteiger partial charge in [0.15, 0.2) is 0 Å². The predicted octanol–water partition coefficient (Wildman–Crippen LogP) is 0.951. The van der Waals surface area contributed by atoms with Gasteiger partial charge < -0.3 is 4.42 Å². The molecule has 1 heterocycles. The number of hydrogen-bond acceptors (Lipinski definition) is 2. The van der Waals surface area contributed by atoms with Crippen molar-refractivity contribution in [1.82, 2.24) is 0 Å². The normalized spacial score (nSPS) is 7.86. The number of furan rings is 1. The van der Waals surface area contributed by atoms with Crippen LogP contribution in [0.2, 0.25) is 0 Å². The van der Waals surface area contributed by atoms with Crippen molar-refractivity contribution in [3.8, 4) is 6.07 Å². The minimum atomic E-state index is 0.444. The van der Waals surface area contributed by atoms with Crippen molar-refractivity contribution in [1.29, 1.82) is 5.26 Å². The average Bonchev–Trinajstić information content (AvgIpc) is 2.14. The summed E-state index contributed by atoms with van der Waals surface area (Å²) in [6.45, 7) is 0. The van der Waals surface area contributed by atoms with E-state index in [1.165, 1.54) is 12.5 Å². The predicted molar refractivity (Wildman–Crippen MR) is 22.3 cm³/mol. The van der Waals surface area contributed by atoms with E-state index >= 15 is 0 Å². The third-order valence-electron chi connectivity index (χ3n) is 0.589. The van der Waals surface area contributed by atoms with Crippen LogP contribution in [0, 0.1) is 17.4 Å². The van der Waals surface area contributed by atoms with Crippen molar-refractivity contribution in [2.75, 3.05) is 0 Å². The number of hydrogen-bond donors (Lipinski definition) is 0. The van der Waals surface area contributed by atoms with Crippen LogP contribution in [0.1, 0.15) is 5.56 Å². The molecule has 0 N–H and O–H groups in total. The zero-order valence-electron chi connectivity index (χ0n) is 3.51. The molecule has 33 valence electrons. The smallest absolute Gasteiger partial charge is 0.109 e.